The second-order valence-corrected chi connectivity index (χ2v) is 6.63. The Bertz CT molecular complexity index is 1110. The van der Waals surface area contributed by atoms with Crippen molar-refractivity contribution < 1.29 is 4.74 Å². The number of pyridine rings is 2. The summed E-state index contributed by atoms with van der Waals surface area (Å²) in [6.07, 6.45) is 1.80. The van der Waals surface area contributed by atoms with E-state index in [1.807, 2.05) is 36.4 Å². The highest BCUT2D eigenvalue weighted by Gasteiger charge is 2.16. The van der Waals surface area contributed by atoms with E-state index in [1.165, 1.54) is 0 Å². The van der Waals surface area contributed by atoms with Crippen molar-refractivity contribution in [3.05, 3.63) is 48.7 Å². The van der Waals surface area contributed by atoms with Gasteiger partial charge in [-0.3, -0.25) is 4.98 Å². The molecular weight excluding hydrogens is 431 g/mol. The van der Waals surface area contributed by atoms with E-state index in [9.17, 15) is 0 Å². The SMILES string of the molecule is COc1cc2cccnc2c2nc3ccccc3c(NCCNCCCl)c12.Cl.Cl. The number of rotatable bonds is 7. The summed E-state index contributed by atoms with van der Waals surface area (Å²) in [6.45, 7) is 2.38. The fourth-order valence-electron chi connectivity index (χ4n) is 3.38. The standard InChI is InChI=1S/C21H21ClN4O.2ClH/c1-27-17-13-14-5-4-9-24-19(14)21-18(17)20(25-12-11-23-10-8-22)15-6-2-3-7-16(15)26-21;;/h2-7,9,13,23H,8,10-12H2,1H3,(H,25,26);2*1H. The second kappa shape index (κ2) is 10.6. The van der Waals surface area contributed by atoms with Gasteiger partial charge in [-0.2, -0.15) is 0 Å². The van der Waals surface area contributed by atoms with Gasteiger partial charge in [-0.25, -0.2) is 4.98 Å². The number of fused-ring (bicyclic) bond motifs is 4. The molecule has 2 heterocycles. The average molecular weight is 454 g/mol. The summed E-state index contributed by atoms with van der Waals surface area (Å²) in [4.78, 5) is 9.50. The van der Waals surface area contributed by atoms with Crippen LogP contribution in [-0.4, -0.2) is 42.6 Å². The van der Waals surface area contributed by atoms with Crippen molar-refractivity contribution in [3.63, 3.8) is 0 Å². The number of anilines is 1. The maximum absolute atomic E-state index is 5.73. The van der Waals surface area contributed by atoms with Crippen LogP contribution in [0, 0.1) is 0 Å². The van der Waals surface area contributed by atoms with Crippen molar-refractivity contribution in [2.24, 2.45) is 0 Å². The average Bonchev–Trinajstić information content (AvgIpc) is 2.72. The molecule has 2 aromatic carbocycles. The molecule has 5 nitrogen and oxygen atoms in total. The highest BCUT2D eigenvalue weighted by Crippen LogP contribution is 2.39. The summed E-state index contributed by atoms with van der Waals surface area (Å²) in [6, 6.07) is 14.1. The molecule has 0 atom stereocenters. The maximum atomic E-state index is 5.73. The van der Waals surface area contributed by atoms with Crippen molar-refractivity contribution in [3.8, 4) is 5.75 Å². The van der Waals surface area contributed by atoms with Crippen LogP contribution < -0.4 is 15.4 Å². The lowest BCUT2D eigenvalue weighted by Crippen LogP contribution is -2.24. The van der Waals surface area contributed by atoms with Gasteiger partial charge < -0.3 is 15.4 Å². The van der Waals surface area contributed by atoms with E-state index in [0.29, 0.717) is 5.88 Å². The highest BCUT2D eigenvalue weighted by atomic mass is 35.5. The van der Waals surface area contributed by atoms with Crippen LogP contribution in [0.2, 0.25) is 0 Å². The summed E-state index contributed by atoms with van der Waals surface area (Å²) in [5.41, 5.74) is 3.68. The Labute approximate surface area is 187 Å². The number of ether oxygens (including phenoxy) is 1. The largest absolute Gasteiger partial charge is 0.496 e. The van der Waals surface area contributed by atoms with Crippen LogP contribution in [0.4, 0.5) is 5.69 Å². The Hall–Kier alpha value is -2.05. The van der Waals surface area contributed by atoms with Gasteiger partial charge in [0.1, 0.15) is 11.3 Å². The minimum Gasteiger partial charge on any atom is -0.496 e. The summed E-state index contributed by atoms with van der Waals surface area (Å²) < 4.78 is 5.73. The lowest BCUT2D eigenvalue weighted by molar-refractivity contribution is 0.420. The van der Waals surface area contributed by atoms with Gasteiger partial charge in [0, 0.05) is 42.5 Å². The van der Waals surface area contributed by atoms with E-state index in [-0.39, 0.29) is 24.8 Å². The van der Waals surface area contributed by atoms with Crippen LogP contribution in [0.1, 0.15) is 0 Å². The van der Waals surface area contributed by atoms with Crippen LogP contribution >= 0.6 is 36.4 Å². The Balaban J connectivity index is 0.00000150. The zero-order chi connectivity index (χ0) is 18.6. The molecule has 0 bridgehead atoms. The first kappa shape index (κ1) is 23.2. The van der Waals surface area contributed by atoms with E-state index >= 15 is 0 Å². The summed E-state index contributed by atoms with van der Waals surface area (Å²) >= 11 is 5.73. The fraction of sp³-hybridized carbons (Fsp3) is 0.238. The smallest absolute Gasteiger partial charge is 0.131 e. The molecule has 0 unspecified atom stereocenters. The van der Waals surface area contributed by atoms with E-state index < -0.39 is 0 Å². The van der Waals surface area contributed by atoms with Crippen LogP contribution in [-0.2, 0) is 0 Å². The number of nitrogens with one attached hydrogen (secondary N) is 2. The molecule has 0 amide bonds. The third-order valence-corrected chi connectivity index (χ3v) is 4.77. The van der Waals surface area contributed by atoms with Gasteiger partial charge in [-0.1, -0.05) is 24.3 Å². The van der Waals surface area contributed by atoms with Crippen molar-refractivity contribution in [2.75, 3.05) is 37.9 Å². The molecule has 2 N–H and O–H groups in total. The molecule has 0 aliphatic carbocycles. The van der Waals surface area contributed by atoms with E-state index in [2.05, 4.69) is 21.7 Å². The number of methoxy groups -OCH3 is 1. The van der Waals surface area contributed by atoms with Crippen molar-refractivity contribution in [2.45, 2.75) is 0 Å². The molecule has 2 aromatic heterocycles. The topological polar surface area (TPSA) is 59.1 Å². The van der Waals surface area contributed by atoms with Crippen LogP contribution in [0.5, 0.6) is 5.75 Å². The quantitative estimate of drug-likeness (QED) is 0.178. The van der Waals surface area contributed by atoms with Gasteiger partial charge in [-0.05, 0) is 18.2 Å². The molecule has 4 rings (SSSR count). The molecule has 8 heteroatoms. The third kappa shape index (κ3) is 4.59. The first-order valence-electron chi connectivity index (χ1n) is 8.98. The van der Waals surface area contributed by atoms with Crippen molar-refractivity contribution in [1.29, 1.82) is 0 Å². The van der Waals surface area contributed by atoms with E-state index in [0.717, 1.165) is 63.8 Å². The molecule has 0 spiro atoms. The zero-order valence-electron chi connectivity index (χ0n) is 15.9. The number of hydrogen-bond acceptors (Lipinski definition) is 5. The molecule has 4 aromatic rings. The summed E-state index contributed by atoms with van der Waals surface area (Å²) in [5.74, 6) is 1.40. The van der Waals surface area contributed by atoms with Gasteiger partial charge in [0.25, 0.3) is 0 Å². The van der Waals surface area contributed by atoms with Gasteiger partial charge >= 0.3 is 0 Å². The number of benzene rings is 2. The minimum absolute atomic E-state index is 0. The fourth-order valence-corrected chi connectivity index (χ4v) is 3.51. The monoisotopic (exact) mass is 452 g/mol. The van der Waals surface area contributed by atoms with Gasteiger partial charge in [-0.15, -0.1) is 36.4 Å². The Kier molecular flexibility index (Phi) is 8.53. The molecule has 0 aliphatic rings. The number of nitrogens with zero attached hydrogens (tertiary/aromatic N) is 2. The molecule has 154 valence electrons. The van der Waals surface area contributed by atoms with Gasteiger partial charge in [0.05, 0.1) is 29.2 Å². The Morgan fingerprint density at radius 1 is 1.00 bits per heavy atom. The number of aromatic nitrogens is 2. The normalized spacial score (nSPS) is 10.6. The summed E-state index contributed by atoms with van der Waals surface area (Å²) in [5, 5.41) is 9.92. The maximum Gasteiger partial charge on any atom is 0.131 e. The van der Waals surface area contributed by atoms with Crippen molar-refractivity contribution >= 4 is 74.8 Å². The second-order valence-electron chi connectivity index (χ2n) is 6.25. The van der Waals surface area contributed by atoms with Crippen molar-refractivity contribution in [1.82, 2.24) is 15.3 Å². The predicted octanol–water partition coefficient (Wildman–Crippen LogP) is 5.03. The molecular formula is C21H23Cl3N4O. The van der Waals surface area contributed by atoms with E-state index in [4.69, 9.17) is 21.3 Å². The Morgan fingerprint density at radius 3 is 2.62 bits per heavy atom. The third-order valence-electron chi connectivity index (χ3n) is 4.58. The number of hydrogen-bond donors (Lipinski definition) is 2. The molecule has 0 saturated heterocycles. The van der Waals surface area contributed by atoms with Gasteiger partial charge in [0.2, 0.25) is 0 Å². The van der Waals surface area contributed by atoms with Crippen LogP contribution in [0.25, 0.3) is 32.7 Å². The molecule has 29 heavy (non-hydrogen) atoms. The molecule has 0 saturated carbocycles. The molecule has 0 fully saturated rings. The van der Waals surface area contributed by atoms with Crippen LogP contribution in [0.15, 0.2) is 48.7 Å². The van der Waals surface area contributed by atoms with Crippen LogP contribution in [0.3, 0.4) is 0 Å². The predicted molar refractivity (Wildman–Crippen MR) is 128 cm³/mol. The minimum atomic E-state index is 0. The Morgan fingerprint density at radius 2 is 1.83 bits per heavy atom. The highest BCUT2D eigenvalue weighted by molar-refractivity contribution is 6.18. The first-order valence-corrected chi connectivity index (χ1v) is 9.51. The lowest BCUT2D eigenvalue weighted by Gasteiger charge is -2.17. The number of alkyl halides is 1. The first-order chi connectivity index (χ1) is 13.3. The summed E-state index contributed by atoms with van der Waals surface area (Å²) in [7, 11) is 1.69. The molecule has 0 aliphatic heterocycles. The number of halogens is 3. The van der Waals surface area contributed by atoms with Gasteiger partial charge in [0.15, 0.2) is 0 Å². The zero-order valence-corrected chi connectivity index (χ0v) is 18.3. The number of para-hydroxylation sites is 1. The van der Waals surface area contributed by atoms with E-state index in [1.54, 1.807) is 13.3 Å². The lowest BCUT2D eigenvalue weighted by atomic mass is 10.0. The molecule has 0 radical (unpaired) electrons.